The third-order valence-corrected chi connectivity index (χ3v) is 5.63. The van der Waals surface area contributed by atoms with Gasteiger partial charge in [-0.1, -0.05) is 53.5 Å². The Kier molecular flexibility index (Phi) is 14.6. The summed E-state index contributed by atoms with van der Waals surface area (Å²) in [5.41, 5.74) is 6.69. The molecule has 0 aliphatic heterocycles. The summed E-state index contributed by atoms with van der Waals surface area (Å²) >= 11 is 0. The molecule has 0 fully saturated rings. The van der Waals surface area contributed by atoms with Crippen LogP contribution in [0.25, 0.3) is 0 Å². The molecular formula is C29H45NO8. The molecule has 0 aliphatic carbocycles. The lowest BCUT2D eigenvalue weighted by atomic mass is 10.1. The standard InChI is InChI=1S/C29H45NO8/c1-8-9-10-11-26(31)35-20(6)21(7)36-29(34)23(30)16-22-12-13-24(37-27(32)14-18(2)3)25(17-22)38-28(33)15-19(4)5/h12-13,17-21,23H,8-11,14-16,30H2,1-7H3/t20-,21-,23-/m0/s1. The minimum atomic E-state index is -1.02. The van der Waals surface area contributed by atoms with Crippen LogP contribution in [-0.2, 0) is 35.1 Å². The van der Waals surface area contributed by atoms with Gasteiger partial charge >= 0.3 is 23.9 Å². The van der Waals surface area contributed by atoms with Crippen molar-refractivity contribution in [1.29, 1.82) is 0 Å². The van der Waals surface area contributed by atoms with Crippen LogP contribution in [0, 0.1) is 11.8 Å². The number of unbranched alkanes of at least 4 members (excludes halogenated alkanes) is 2. The number of nitrogens with two attached hydrogens (primary N) is 1. The van der Waals surface area contributed by atoms with Crippen molar-refractivity contribution in [3.8, 4) is 11.5 Å². The van der Waals surface area contributed by atoms with E-state index in [9.17, 15) is 19.2 Å². The van der Waals surface area contributed by atoms with Gasteiger partial charge in [-0.3, -0.25) is 19.2 Å². The lowest BCUT2D eigenvalue weighted by Crippen LogP contribution is -2.39. The van der Waals surface area contributed by atoms with E-state index in [1.807, 2.05) is 27.7 Å². The summed E-state index contributed by atoms with van der Waals surface area (Å²) in [4.78, 5) is 49.1. The van der Waals surface area contributed by atoms with E-state index in [1.54, 1.807) is 19.9 Å². The topological polar surface area (TPSA) is 131 Å². The van der Waals surface area contributed by atoms with Gasteiger partial charge in [0.15, 0.2) is 11.5 Å². The first-order chi connectivity index (χ1) is 17.8. The number of hydrogen-bond donors (Lipinski definition) is 1. The molecule has 1 aromatic rings. The first-order valence-corrected chi connectivity index (χ1v) is 13.5. The van der Waals surface area contributed by atoms with Gasteiger partial charge < -0.3 is 24.7 Å². The van der Waals surface area contributed by atoms with Crippen LogP contribution in [0.3, 0.4) is 0 Å². The number of benzene rings is 1. The second-order valence-electron chi connectivity index (χ2n) is 10.5. The van der Waals surface area contributed by atoms with Crippen molar-refractivity contribution in [3.05, 3.63) is 23.8 Å². The molecule has 0 amide bonds. The zero-order valence-corrected chi connectivity index (χ0v) is 23.9. The minimum absolute atomic E-state index is 0.0841. The summed E-state index contributed by atoms with van der Waals surface area (Å²) in [6.45, 7) is 12.9. The second-order valence-corrected chi connectivity index (χ2v) is 10.5. The number of esters is 4. The van der Waals surface area contributed by atoms with Crippen LogP contribution in [-0.4, -0.2) is 42.1 Å². The largest absolute Gasteiger partial charge is 0.459 e. The van der Waals surface area contributed by atoms with Gasteiger partial charge in [0.2, 0.25) is 0 Å². The van der Waals surface area contributed by atoms with Gasteiger partial charge in [-0.25, -0.2) is 0 Å². The Morgan fingerprint density at radius 2 is 1.32 bits per heavy atom. The smallest absolute Gasteiger partial charge is 0.323 e. The molecule has 0 aromatic heterocycles. The fourth-order valence-corrected chi connectivity index (χ4v) is 3.42. The highest BCUT2D eigenvalue weighted by Crippen LogP contribution is 2.30. The summed E-state index contributed by atoms with van der Waals surface area (Å²) in [5, 5.41) is 0. The average molecular weight is 536 g/mol. The average Bonchev–Trinajstić information content (AvgIpc) is 2.79. The Balaban J connectivity index is 2.86. The maximum atomic E-state index is 12.6. The van der Waals surface area contributed by atoms with Crippen molar-refractivity contribution >= 4 is 23.9 Å². The van der Waals surface area contributed by atoms with Crippen molar-refractivity contribution in [2.45, 2.75) is 112 Å². The molecule has 0 spiro atoms. The molecule has 0 bridgehead atoms. The number of ether oxygens (including phenoxy) is 4. The fourth-order valence-electron chi connectivity index (χ4n) is 3.42. The van der Waals surface area contributed by atoms with E-state index >= 15 is 0 Å². The van der Waals surface area contributed by atoms with E-state index in [4.69, 9.17) is 24.7 Å². The van der Waals surface area contributed by atoms with Crippen LogP contribution in [0.1, 0.15) is 92.6 Å². The fraction of sp³-hybridized carbons (Fsp3) is 0.655. The molecule has 0 radical (unpaired) electrons. The van der Waals surface area contributed by atoms with Crippen LogP contribution in [0.15, 0.2) is 18.2 Å². The Morgan fingerprint density at radius 3 is 1.87 bits per heavy atom. The SMILES string of the molecule is CCCCCC(=O)O[C@@H](C)[C@H](C)OC(=O)[C@@H](N)Cc1ccc(OC(=O)CC(C)C)c(OC(=O)CC(C)C)c1. The first kappa shape index (κ1) is 33.1. The normalized spacial score (nSPS) is 13.5. The summed E-state index contributed by atoms with van der Waals surface area (Å²) in [6.07, 6.45) is 2.22. The van der Waals surface area contributed by atoms with Crippen molar-refractivity contribution in [1.82, 2.24) is 0 Å². The van der Waals surface area contributed by atoms with Crippen molar-refractivity contribution in [2.75, 3.05) is 0 Å². The highest BCUT2D eigenvalue weighted by Gasteiger charge is 2.25. The van der Waals surface area contributed by atoms with Crippen LogP contribution in [0.4, 0.5) is 0 Å². The van der Waals surface area contributed by atoms with Crippen LogP contribution >= 0.6 is 0 Å². The molecule has 0 saturated carbocycles. The van der Waals surface area contributed by atoms with Crippen LogP contribution in [0.5, 0.6) is 11.5 Å². The predicted octanol–water partition coefficient (Wildman–Crippen LogP) is 4.90. The molecule has 9 nitrogen and oxygen atoms in total. The molecule has 3 atom stereocenters. The number of rotatable bonds is 16. The quantitative estimate of drug-likeness (QED) is 0.178. The highest BCUT2D eigenvalue weighted by atomic mass is 16.6. The maximum absolute atomic E-state index is 12.6. The molecule has 38 heavy (non-hydrogen) atoms. The third-order valence-electron chi connectivity index (χ3n) is 5.63. The summed E-state index contributed by atoms with van der Waals surface area (Å²) in [6, 6.07) is 3.69. The van der Waals surface area contributed by atoms with Crippen molar-refractivity contribution < 1.29 is 38.1 Å². The molecule has 0 aliphatic rings. The molecule has 0 unspecified atom stereocenters. The van der Waals surface area contributed by atoms with E-state index < -0.39 is 36.2 Å². The molecular weight excluding hydrogens is 490 g/mol. The summed E-state index contributed by atoms with van der Waals surface area (Å²) < 4.78 is 21.7. The first-order valence-electron chi connectivity index (χ1n) is 13.5. The Morgan fingerprint density at radius 1 is 0.763 bits per heavy atom. The van der Waals surface area contributed by atoms with E-state index in [0.29, 0.717) is 12.0 Å². The van der Waals surface area contributed by atoms with Crippen LogP contribution in [0.2, 0.25) is 0 Å². The minimum Gasteiger partial charge on any atom is -0.459 e. The molecule has 1 aromatic carbocycles. The van der Waals surface area contributed by atoms with E-state index in [2.05, 4.69) is 6.92 Å². The van der Waals surface area contributed by atoms with Gasteiger partial charge in [-0.15, -0.1) is 0 Å². The number of carbonyl (C=O) groups excluding carboxylic acids is 4. The summed E-state index contributed by atoms with van der Waals surface area (Å²) in [7, 11) is 0. The molecule has 214 valence electrons. The van der Waals surface area contributed by atoms with Crippen molar-refractivity contribution in [2.24, 2.45) is 17.6 Å². The Labute approximate surface area is 226 Å². The molecule has 9 heteroatoms. The van der Waals surface area contributed by atoms with E-state index in [-0.39, 0.29) is 48.6 Å². The van der Waals surface area contributed by atoms with Gasteiger partial charge in [-0.05, 0) is 56.2 Å². The Bertz CT molecular complexity index is 927. The lowest BCUT2D eigenvalue weighted by Gasteiger charge is -2.22. The predicted molar refractivity (Wildman–Crippen MR) is 144 cm³/mol. The molecule has 2 N–H and O–H groups in total. The zero-order valence-electron chi connectivity index (χ0n) is 23.9. The van der Waals surface area contributed by atoms with Gasteiger partial charge in [-0.2, -0.15) is 0 Å². The third kappa shape index (κ3) is 13.0. The van der Waals surface area contributed by atoms with Crippen molar-refractivity contribution in [3.63, 3.8) is 0 Å². The molecule has 0 heterocycles. The molecule has 1 rings (SSSR count). The van der Waals surface area contributed by atoms with E-state index in [0.717, 1.165) is 19.3 Å². The van der Waals surface area contributed by atoms with Gasteiger partial charge in [0.1, 0.15) is 18.2 Å². The molecule has 0 saturated heterocycles. The monoisotopic (exact) mass is 535 g/mol. The highest BCUT2D eigenvalue weighted by molar-refractivity contribution is 5.77. The number of hydrogen-bond acceptors (Lipinski definition) is 9. The van der Waals surface area contributed by atoms with Gasteiger partial charge in [0.05, 0.1) is 0 Å². The second kappa shape index (κ2) is 16.8. The van der Waals surface area contributed by atoms with Gasteiger partial charge in [0, 0.05) is 19.3 Å². The zero-order chi connectivity index (χ0) is 28.8. The van der Waals surface area contributed by atoms with E-state index in [1.165, 1.54) is 12.1 Å². The lowest BCUT2D eigenvalue weighted by molar-refractivity contribution is -0.166. The summed E-state index contributed by atoms with van der Waals surface area (Å²) in [5.74, 6) is -1.49. The van der Waals surface area contributed by atoms with Gasteiger partial charge in [0.25, 0.3) is 0 Å². The Hall–Kier alpha value is -2.94. The van der Waals surface area contributed by atoms with Crippen LogP contribution < -0.4 is 15.2 Å². The number of carbonyl (C=O) groups is 4. The maximum Gasteiger partial charge on any atom is 0.323 e.